The maximum Gasteiger partial charge on any atom is 0.0885 e. The molecule has 0 spiro atoms. The molecule has 0 saturated carbocycles. The van der Waals surface area contributed by atoms with Crippen molar-refractivity contribution in [2.75, 3.05) is 26.2 Å². The minimum absolute atomic E-state index is 1.28. The summed E-state index contributed by atoms with van der Waals surface area (Å²) in [6.45, 7) is 16.9. The molecule has 0 aliphatic rings. The molecular weight excluding hydrogens is 194 g/mol. The van der Waals surface area contributed by atoms with Crippen molar-refractivity contribution in [1.29, 1.82) is 0 Å². The summed E-state index contributed by atoms with van der Waals surface area (Å²) in [6, 6.07) is 0. The fraction of sp³-hybridized carbons (Fsp3) is 1.00. The van der Waals surface area contributed by atoms with E-state index in [1.165, 1.54) is 43.8 Å². The van der Waals surface area contributed by atoms with Crippen molar-refractivity contribution >= 4 is 8.56 Å². The zero-order valence-corrected chi connectivity index (χ0v) is 11.6. The second kappa shape index (κ2) is 7.40. The van der Waals surface area contributed by atoms with Crippen LogP contribution in [-0.4, -0.2) is 44.0 Å². The first-order valence-corrected chi connectivity index (χ1v) is 8.38. The van der Waals surface area contributed by atoms with Gasteiger partial charge in [0.05, 0.1) is 34.7 Å². The Hall–Kier alpha value is 0.0969. The van der Waals surface area contributed by atoms with Crippen LogP contribution >= 0.6 is 0 Å². The molecule has 88 valence electrons. The average molecular weight is 221 g/mol. The van der Waals surface area contributed by atoms with Gasteiger partial charge in [0.1, 0.15) is 0 Å². The van der Waals surface area contributed by atoms with Gasteiger partial charge in [-0.25, -0.2) is 0 Å². The van der Waals surface area contributed by atoms with Crippen LogP contribution in [0.4, 0.5) is 0 Å². The molecule has 0 amide bonds. The van der Waals surface area contributed by atoms with Crippen LogP contribution in [0.1, 0.15) is 27.7 Å². The fourth-order valence-electron chi connectivity index (χ4n) is 1.34. The highest BCUT2D eigenvalue weighted by Gasteiger charge is 2.16. The Labute approximate surface area is 90.2 Å². The minimum atomic E-state index is -2.86. The highest BCUT2D eigenvalue weighted by Crippen LogP contribution is 2.03. The summed E-state index contributed by atoms with van der Waals surface area (Å²) in [5.74, 6) is 0. The van der Waals surface area contributed by atoms with Gasteiger partial charge in [-0.15, -0.1) is 0 Å². The third kappa shape index (κ3) is 10.2. The van der Waals surface area contributed by atoms with Crippen molar-refractivity contribution in [3.05, 3.63) is 0 Å². The lowest BCUT2D eigenvalue weighted by Crippen LogP contribution is -2.47. The van der Waals surface area contributed by atoms with E-state index in [1.54, 1.807) is 0 Å². The summed E-state index contributed by atoms with van der Waals surface area (Å²) in [5.41, 5.74) is 0. The van der Waals surface area contributed by atoms with Crippen molar-refractivity contribution in [3.63, 3.8) is 0 Å². The summed E-state index contributed by atoms with van der Waals surface area (Å²) in [5, 5.41) is 0. The van der Waals surface area contributed by atoms with Gasteiger partial charge in [0, 0.05) is 0 Å². The maximum atomic E-state index is 9.80. The standard InChI is InChI=1S/C8H20N.C2H7O2Si/c1-5-9(6-2,7-3)8-4;1-5(2,3)4/h5-8H2,1-4H3;3H,1-2H3/q+1;-1. The molecule has 0 heterocycles. The predicted molar refractivity (Wildman–Crippen MR) is 62.1 cm³/mol. The predicted octanol–water partition coefficient (Wildman–Crippen LogP) is 0.924. The quantitative estimate of drug-likeness (QED) is 0.567. The van der Waals surface area contributed by atoms with E-state index in [0.717, 1.165) is 0 Å². The van der Waals surface area contributed by atoms with Crippen LogP contribution in [0.2, 0.25) is 13.1 Å². The Balaban J connectivity index is 0. The number of quaternary nitrogens is 1. The first kappa shape index (κ1) is 16.5. The molecule has 0 aromatic carbocycles. The summed E-state index contributed by atoms with van der Waals surface area (Å²) in [4.78, 5) is 17.9. The van der Waals surface area contributed by atoms with E-state index < -0.39 is 8.56 Å². The molecule has 3 nitrogen and oxygen atoms in total. The zero-order valence-electron chi connectivity index (χ0n) is 10.6. The Bertz CT molecular complexity index is 107. The number of rotatable bonds is 4. The summed E-state index contributed by atoms with van der Waals surface area (Å²) < 4.78 is 1.28. The zero-order chi connectivity index (χ0) is 11.8. The van der Waals surface area contributed by atoms with Crippen LogP contribution in [0.3, 0.4) is 0 Å². The van der Waals surface area contributed by atoms with Crippen molar-refractivity contribution in [2.45, 2.75) is 40.8 Å². The molecule has 4 heteroatoms. The summed E-state index contributed by atoms with van der Waals surface area (Å²) in [6.07, 6.45) is 0. The molecule has 0 aliphatic carbocycles. The van der Waals surface area contributed by atoms with E-state index in [1.807, 2.05) is 0 Å². The van der Waals surface area contributed by atoms with E-state index in [0.29, 0.717) is 0 Å². The molecule has 1 N–H and O–H groups in total. The van der Waals surface area contributed by atoms with E-state index in [-0.39, 0.29) is 0 Å². The Kier molecular flexibility index (Phi) is 8.73. The average Bonchev–Trinajstić information content (AvgIpc) is 2.07. The number of nitrogens with zero attached hydrogens (tertiary/aromatic N) is 1. The van der Waals surface area contributed by atoms with Crippen LogP contribution < -0.4 is 4.80 Å². The van der Waals surface area contributed by atoms with Crippen LogP contribution in [0.25, 0.3) is 0 Å². The third-order valence-corrected chi connectivity index (χ3v) is 2.68. The van der Waals surface area contributed by atoms with Gasteiger partial charge in [-0.2, -0.15) is 0 Å². The van der Waals surface area contributed by atoms with Gasteiger partial charge >= 0.3 is 0 Å². The smallest absolute Gasteiger partial charge is 0.0885 e. The van der Waals surface area contributed by atoms with Crippen molar-refractivity contribution < 1.29 is 14.1 Å². The first-order chi connectivity index (χ1) is 6.24. The lowest BCUT2D eigenvalue weighted by atomic mass is 10.3. The third-order valence-electron chi connectivity index (χ3n) is 2.68. The fourth-order valence-corrected chi connectivity index (χ4v) is 1.34. The normalized spacial score (nSPS) is 12.0. The van der Waals surface area contributed by atoms with E-state index in [4.69, 9.17) is 4.80 Å². The molecule has 0 saturated heterocycles. The van der Waals surface area contributed by atoms with Gasteiger partial charge in [-0.1, -0.05) is 13.1 Å². The highest BCUT2D eigenvalue weighted by atomic mass is 28.4. The number of hydrogen-bond donors (Lipinski definition) is 1. The van der Waals surface area contributed by atoms with Gasteiger partial charge in [0.25, 0.3) is 0 Å². The highest BCUT2D eigenvalue weighted by molar-refractivity contribution is 6.59. The molecule has 0 aromatic heterocycles. The lowest BCUT2D eigenvalue weighted by molar-refractivity contribution is -0.921. The molecule has 0 unspecified atom stereocenters. The van der Waals surface area contributed by atoms with Crippen LogP contribution in [-0.2, 0) is 0 Å². The molecule has 0 radical (unpaired) electrons. The van der Waals surface area contributed by atoms with Gasteiger partial charge in [-0.3, -0.25) is 0 Å². The second-order valence-corrected chi connectivity index (χ2v) is 6.95. The molecule has 0 atom stereocenters. The molecular formula is C10H27NO2Si. The minimum Gasteiger partial charge on any atom is -0.838 e. The Morgan fingerprint density at radius 2 is 1.07 bits per heavy atom. The van der Waals surface area contributed by atoms with Gasteiger partial charge < -0.3 is 14.1 Å². The van der Waals surface area contributed by atoms with E-state index in [9.17, 15) is 4.80 Å². The van der Waals surface area contributed by atoms with Crippen molar-refractivity contribution in [3.8, 4) is 0 Å². The van der Waals surface area contributed by atoms with Crippen LogP contribution in [0, 0.1) is 0 Å². The summed E-state index contributed by atoms with van der Waals surface area (Å²) >= 11 is 0. The Morgan fingerprint density at radius 3 is 1.07 bits per heavy atom. The van der Waals surface area contributed by atoms with Crippen molar-refractivity contribution in [1.82, 2.24) is 0 Å². The van der Waals surface area contributed by atoms with Gasteiger partial charge in [-0.05, 0) is 27.7 Å². The second-order valence-electron chi connectivity index (χ2n) is 4.05. The number of hydrogen-bond acceptors (Lipinski definition) is 2. The molecule has 0 rings (SSSR count). The van der Waals surface area contributed by atoms with Crippen LogP contribution in [0.5, 0.6) is 0 Å². The molecule has 0 bridgehead atoms. The largest absolute Gasteiger partial charge is 0.838 e. The lowest BCUT2D eigenvalue weighted by Gasteiger charge is -2.34. The first-order valence-electron chi connectivity index (χ1n) is 5.52. The summed E-state index contributed by atoms with van der Waals surface area (Å²) in [7, 11) is -2.86. The molecule has 14 heavy (non-hydrogen) atoms. The monoisotopic (exact) mass is 221 g/mol. The van der Waals surface area contributed by atoms with E-state index >= 15 is 0 Å². The molecule has 0 aliphatic heterocycles. The SMILES string of the molecule is CC[N+](CC)(CC)CC.C[Si](C)([O-])O. The van der Waals surface area contributed by atoms with Crippen LogP contribution in [0.15, 0.2) is 0 Å². The molecule has 0 fully saturated rings. The Morgan fingerprint density at radius 1 is 0.929 bits per heavy atom. The molecule has 0 aromatic rings. The van der Waals surface area contributed by atoms with E-state index in [2.05, 4.69) is 27.7 Å². The van der Waals surface area contributed by atoms with Gasteiger partial charge in [0.2, 0.25) is 0 Å². The maximum absolute atomic E-state index is 9.80. The topological polar surface area (TPSA) is 43.3 Å². The van der Waals surface area contributed by atoms with Crippen molar-refractivity contribution in [2.24, 2.45) is 0 Å². The van der Waals surface area contributed by atoms with Gasteiger partial charge in [0.15, 0.2) is 0 Å².